The topological polar surface area (TPSA) is 67.6 Å². The van der Waals surface area contributed by atoms with Crippen molar-refractivity contribution >= 4 is 44.6 Å². The highest BCUT2D eigenvalue weighted by Gasteiger charge is 2.48. The monoisotopic (exact) mass is 419 g/mol. The van der Waals surface area contributed by atoms with Crippen LogP contribution in [0.5, 0.6) is 5.75 Å². The number of benzene rings is 2. The molecular formula is C17H14BrN3O3S. The third-order valence-corrected chi connectivity index (χ3v) is 5.38. The Kier molecular flexibility index (Phi) is 3.69. The van der Waals surface area contributed by atoms with Gasteiger partial charge in [-0.05, 0) is 49.5 Å². The molecule has 0 amide bonds. The third kappa shape index (κ3) is 2.65. The molecule has 2 aliphatic heterocycles. The molecule has 0 aliphatic carbocycles. The van der Waals surface area contributed by atoms with Crippen LogP contribution in [-0.2, 0) is 0 Å². The molecular weight excluding hydrogens is 406 g/mol. The normalized spacial score (nSPS) is 24.2. The molecule has 25 heavy (non-hydrogen) atoms. The quantitative estimate of drug-likeness (QED) is 0.444. The van der Waals surface area contributed by atoms with Crippen molar-refractivity contribution in [3.8, 4) is 5.75 Å². The molecule has 1 saturated heterocycles. The Labute approximate surface area is 158 Å². The molecule has 0 radical (unpaired) electrons. The number of nitrogens with zero attached hydrogens (tertiary/aromatic N) is 2. The van der Waals surface area contributed by atoms with E-state index < -0.39 is 10.6 Å². The minimum absolute atomic E-state index is 0.0500. The van der Waals surface area contributed by atoms with Gasteiger partial charge in [0.2, 0.25) is 0 Å². The van der Waals surface area contributed by atoms with Crippen LogP contribution in [-0.4, -0.2) is 15.8 Å². The zero-order chi connectivity index (χ0) is 17.8. The second kappa shape index (κ2) is 5.67. The number of nitrogens with one attached hydrogen (secondary N) is 1. The summed E-state index contributed by atoms with van der Waals surface area (Å²) < 4.78 is 7.24. The number of rotatable bonds is 2. The molecule has 1 fully saturated rings. The van der Waals surface area contributed by atoms with Gasteiger partial charge in [0.05, 0.1) is 11.0 Å². The van der Waals surface area contributed by atoms with Crippen LogP contribution in [0.2, 0.25) is 0 Å². The molecule has 0 unspecified atom stereocenters. The molecule has 2 bridgehead atoms. The van der Waals surface area contributed by atoms with E-state index in [-0.39, 0.29) is 11.7 Å². The van der Waals surface area contributed by atoms with Crippen molar-refractivity contribution in [3.63, 3.8) is 0 Å². The van der Waals surface area contributed by atoms with E-state index in [1.165, 1.54) is 6.07 Å². The molecule has 2 atom stereocenters. The molecule has 8 heteroatoms. The van der Waals surface area contributed by atoms with E-state index in [1.54, 1.807) is 12.1 Å². The van der Waals surface area contributed by atoms with Gasteiger partial charge < -0.3 is 10.1 Å². The Bertz CT molecular complexity index is 889. The molecule has 2 aromatic carbocycles. The Morgan fingerprint density at radius 3 is 2.76 bits per heavy atom. The summed E-state index contributed by atoms with van der Waals surface area (Å²) in [6.07, 6.45) is 0.622. The minimum Gasteiger partial charge on any atom is -0.467 e. The zero-order valence-corrected chi connectivity index (χ0v) is 15.6. The fourth-order valence-corrected chi connectivity index (χ4v) is 4.16. The van der Waals surface area contributed by atoms with E-state index in [1.807, 2.05) is 36.1 Å². The number of ether oxygens (including phenoxy) is 1. The largest absolute Gasteiger partial charge is 0.467 e. The van der Waals surface area contributed by atoms with Crippen molar-refractivity contribution < 1.29 is 9.66 Å². The van der Waals surface area contributed by atoms with E-state index in [0.717, 1.165) is 15.7 Å². The Morgan fingerprint density at radius 1 is 1.36 bits per heavy atom. The van der Waals surface area contributed by atoms with E-state index in [0.29, 0.717) is 17.3 Å². The summed E-state index contributed by atoms with van der Waals surface area (Å²) in [7, 11) is 0. The van der Waals surface area contributed by atoms with Gasteiger partial charge in [-0.15, -0.1) is 0 Å². The van der Waals surface area contributed by atoms with E-state index in [9.17, 15) is 10.1 Å². The molecule has 0 saturated carbocycles. The number of nitro benzene ring substituents is 1. The van der Waals surface area contributed by atoms with Crippen molar-refractivity contribution in [2.24, 2.45) is 0 Å². The van der Waals surface area contributed by atoms with Crippen LogP contribution in [0.1, 0.15) is 24.9 Å². The van der Waals surface area contributed by atoms with Gasteiger partial charge in [-0.1, -0.05) is 15.9 Å². The lowest BCUT2D eigenvalue weighted by atomic mass is 9.90. The summed E-state index contributed by atoms with van der Waals surface area (Å²) >= 11 is 9.01. The SMILES string of the molecule is C[C@]12C[C@H](NC(=S)N1c1ccc(Br)cc1)c1cc([N+](=O)[O-])ccc1O2. The smallest absolute Gasteiger partial charge is 0.270 e. The van der Waals surface area contributed by atoms with Crippen LogP contribution in [0.3, 0.4) is 0 Å². The molecule has 1 N–H and O–H groups in total. The maximum atomic E-state index is 11.1. The molecule has 2 heterocycles. The lowest BCUT2D eigenvalue weighted by Crippen LogP contribution is -2.65. The van der Waals surface area contributed by atoms with Gasteiger partial charge in [0.25, 0.3) is 5.69 Å². The molecule has 0 aromatic heterocycles. The first-order valence-electron chi connectivity index (χ1n) is 7.71. The van der Waals surface area contributed by atoms with Gasteiger partial charge in [-0.3, -0.25) is 15.0 Å². The number of hydrogen-bond donors (Lipinski definition) is 1. The number of halogens is 1. The summed E-state index contributed by atoms with van der Waals surface area (Å²) in [6, 6.07) is 12.4. The van der Waals surface area contributed by atoms with Gasteiger partial charge in [-0.25, -0.2) is 0 Å². The second-order valence-corrected chi connectivity index (χ2v) is 7.58. The van der Waals surface area contributed by atoms with Crippen LogP contribution in [0.4, 0.5) is 11.4 Å². The molecule has 2 aliphatic rings. The summed E-state index contributed by atoms with van der Waals surface area (Å²) in [5.74, 6) is 0.640. The zero-order valence-electron chi connectivity index (χ0n) is 13.2. The maximum absolute atomic E-state index is 11.1. The Morgan fingerprint density at radius 2 is 2.08 bits per heavy atom. The van der Waals surface area contributed by atoms with Gasteiger partial charge >= 0.3 is 0 Å². The molecule has 0 spiro atoms. The first-order valence-corrected chi connectivity index (χ1v) is 8.91. The highest BCUT2D eigenvalue weighted by molar-refractivity contribution is 9.10. The standard InChI is InChI=1S/C17H14BrN3O3S/c1-17-9-14(13-8-12(21(22)23)6-7-15(13)24-17)19-16(25)20(17)11-4-2-10(18)3-5-11/h2-8,14H,9H2,1H3,(H,19,25)/t14-,17-/m0/s1. The fourth-order valence-electron chi connectivity index (χ4n) is 3.46. The van der Waals surface area contributed by atoms with Gasteiger partial charge in [0.15, 0.2) is 10.8 Å². The number of fused-ring (bicyclic) bond motifs is 4. The summed E-state index contributed by atoms with van der Waals surface area (Å²) in [5, 5.41) is 14.9. The first kappa shape index (κ1) is 16.3. The Hall–Kier alpha value is -2.19. The van der Waals surface area contributed by atoms with E-state index >= 15 is 0 Å². The molecule has 4 rings (SSSR count). The lowest BCUT2D eigenvalue weighted by Gasteiger charge is -2.52. The van der Waals surface area contributed by atoms with Crippen LogP contribution < -0.4 is 15.0 Å². The minimum atomic E-state index is -0.663. The third-order valence-electron chi connectivity index (χ3n) is 4.55. The van der Waals surface area contributed by atoms with Crippen LogP contribution in [0.25, 0.3) is 0 Å². The Balaban J connectivity index is 1.77. The lowest BCUT2D eigenvalue weighted by molar-refractivity contribution is -0.385. The molecule has 6 nitrogen and oxygen atoms in total. The summed E-state index contributed by atoms with van der Waals surface area (Å²) in [4.78, 5) is 12.6. The van der Waals surface area contributed by atoms with Crippen molar-refractivity contribution in [2.75, 3.05) is 4.90 Å². The van der Waals surface area contributed by atoms with Crippen LogP contribution in [0, 0.1) is 10.1 Å². The first-order chi connectivity index (χ1) is 11.9. The van der Waals surface area contributed by atoms with Gasteiger partial charge in [0, 0.05) is 34.3 Å². The predicted octanol–water partition coefficient (Wildman–Crippen LogP) is 4.29. The average molecular weight is 420 g/mol. The number of hydrogen-bond acceptors (Lipinski definition) is 4. The van der Waals surface area contributed by atoms with Crippen LogP contribution >= 0.6 is 28.1 Å². The fraction of sp³-hybridized carbons (Fsp3) is 0.235. The van der Waals surface area contributed by atoms with Gasteiger partial charge in [0.1, 0.15) is 5.75 Å². The number of anilines is 1. The summed E-state index contributed by atoms with van der Waals surface area (Å²) in [6.45, 7) is 1.99. The highest BCUT2D eigenvalue weighted by Crippen LogP contribution is 2.46. The van der Waals surface area contributed by atoms with Gasteiger partial charge in [-0.2, -0.15) is 0 Å². The van der Waals surface area contributed by atoms with Crippen molar-refractivity contribution in [2.45, 2.75) is 25.1 Å². The number of non-ortho nitro benzene ring substituents is 1. The molecule has 128 valence electrons. The number of nitro groups is 1. The predicted molar refractivity (Wildman–Crippen MR) is 102 cm³/mol. The average Bonchev–Trinajstić information content (AvgIpc) is 2.55. The highest BCUT2D eigenvalue weighted by atomic mass is 79.9. The maximum Gasteiger partial charge on any atom is 0.270 e. The van der Waals surface area contributed by atoms with Crippen molar-refractivity contribution in [1.82, 2.24) is 5.32 Å². The van der Waals surface area contributed by atoms with Crippen molar-refractivity contribution in [3.05, 3.63) is 62.6 Å². The molecule has 2 aromatic rings. The number of thiocarbonyl (C=S) groups is 1. The van der Waals surface area contributed by atoms with Crippen molar-refractivity contribution in [1.29, 1.82) is 0 Å². The van der Waals surface area contributed by atoms with E-state index in [2.05, 4.69) is 21.2 Å². The van der Waals surface area contributed by atoms with Crippen LogP contribution in [0.15, 0.2) is 46.9 Å². The van der Waals surface area contributed by atoms with E-state index in [4.69, 9.17) is 17.0 Å². The second-order valence-electron chi connectivity index (χ2n) is 6.27. The summed E-state index contributed by atoms with van der Waals surface area (Å²) in [5.41, 5.74) is 1.08.